The highest BCUT2D eigenvalue weighted by molar-refractivity contribution is 7.91. The number of aromatic nitrogens is 1. The third kappa shape index (κ3) is 2.39. The summed E-state index contributed by atoms with van der Waals surface area (Å²) < 4.78 is 22.8. The third-order valence-electron chi connectivity index (χ3n) is 2.26. The summed E-state index contributed by atoms with van der Waals surface area (Å²) in [6, 6.07) is -0.378. The highest BCUT2D eigenvalue weighted by Gasteiger charge is 2.27. The fraction of sp³-hybridized carbons (Fsp3) is 0.500. The molecule has 0 amide bonds. The molecule has 2 rings (SSSR count). The number of aromatic carboxylic acids is 1. The van der Waals surface area contributed by atoms with Crippen LogP contribution >= 0.6 is 11.3 Å². The topological polar surface area (TPSA) is 96.4 Å². The zero-order chi connectivity index (χ0) is 11.8. The molecule has 1 saturated heterocycles. The molecule has 1 atom stereocenters. The summed E-state index contributed by atoms with van der Waals surface area (Å²) in [4.78, 5) is 14.5. The number of carboxylic acid groups (broad SMARTS) is 1. The van der Waals surface area contributed by atoms with Gasteiger partial charge in [-0.2, -0.15) is 0 Å². The minimum absolute atomic E-state index is 0.0143. The summed E-state index contributed by atoms with van der Waals surface area (Å²) >= 11 is 1.17. The van der Waals surface area contributed by atoms with Gasteiger partial charge in [0, 0.05) is 11.9 Å². The molecule has 1 aliphatic rings. The Hall–Kier alpha value is -0.990. The number of sulfone groups is 1. The molecular formula is C8H10N2O4S2. The van der Waals surface area contributed by atoms with E-state index in [4.69, 9.17) is 5.11 Å². The van der Waals surface area contributed by atoms with E-state index >= 15 is 0 Å². The zero-order valence-electron chi connectivity index (χ0n) is 8.21. The summed E-state index contributed by atoms with van der Waals surface area (Å²) in [5, 5.41) is 13.7. The Kier molecular flexibility index (Phi) is 2.96. The minimum Gasteiger partial charge on any atom is -0.476 e. The number of thiazole rings is 1. The number of nitrogens with one attached hydrogen (secondary N) is 1. The Morgan fingerprint density at radius 2 is 2.38 bits per heavy atom. The standard InChI is InChI=1S/C8H10N2O4S2/c11-8(12)5-3-15-7(10-5)6-4-16(13,14)2-1-9-6/h3,6,9H,1-2,4H2,(H,11,12). The average Bonchev–Trinajstić information content (AvgIpc) is 2.64. The van der Waals surface area contributed by atoms with Crippen molar-refractivity contribution in [3.63, 3.8) is 0 Å². The van der Waals surface area contributed by atoms with E-state index in [0.29, 0.717) is 11.6 Å². The Bertz CT molecular complexity index is 508. The Labute approximate surface area is 96.2 Å². The van der Waals surface area contributed by atoms with Crippen molar-refractivity contribution in [1.29, 1.82) is 0 Å². The Morgan fingerprint density at radius 3 is 2.94 bits per heavy atom. The molecule has 88 valence electrons. The lowest BCUT2D eigenvalue weighted by Crippen LogP contribution is -2.39. The van der Waals surface area contributed by atoms with Crippen molar-refractivity contribution in [3.8, 4) is 0 Å². The van der Waals surface area contributed by atoms with Crippen molar-refractivity contribution in [3.05, 3.63) is 16.1 Å². The molecule has 0 radical (unpaired) electrons. The first-order chi connectivity index (χ1) is 7.48. The maximum atomic E-state index is 11.4. The van der Waals surface area contributed by atoms with Gasteiger partial charge in [0.1, 0.15) is 5.01 Å². The van der Waals surface area contributed by atoms with Gasteiger partial charge in [0.2, 0.25) is 0 Å². The van der Waals surface area contributed by atoms with Crippen LogP contribution in [0, 0.1) is 0 Å². The van der Waals surface area contributed by atoms with Gasteiger partial charge >= 0.3 is 5.97 Å². The van der Waals surface area contributed by atoms with Gasteiger partial charge in [-0.05, 0) is 0 Å². The Balaban J connectivity index is 2.20. The van der Waals surface area contributed by atoms with Crippen molar-refractivity contribution in [2.75, 3.05) is 18.1 Å². The second-order valence-corrected chi connectivity index (χ2v) is 6.62. The van der Waals surface area contributed by atoms with Gasteiger partial charge in [0.25, 0.3) is 0 Å². The number of carboxylic acids is 1. The molecule has 1 aromatic rings. The second kappa shape index (κ2) is 4.11. The summed E-state index contributed by atoms with van der Waals surface area (Å²) in [5.41, 5.74) is -0.0372. The predicted octanol–water partition coefficient (Wildman–Crippen LogP) is -0.0996. The van der Waals surface area contributed by atoms with Crippen LogP contribution in [0.2, 0.25) is 0 Å². The largest absolute Gasteiger partial charge is 0.476 e. The summed E-state index contributed by atoms with van der Waals surface area (Å²) in [5.74, 6) is -0.985. The first-order valence-electron chi connectivity index (χ1n) is 4.60. The molecule has 2 heterocycles. The van der Waals surface area contributed by atoms with Crippen molar-refractivity contribution in [2.24, 2.45) is 0 Å². The smallest absolute Gasteiger partial charge is 0.355 e. The van der Waals surface area contributed by atoms with Crippen molar-refractivity contribution < 1.29 is 18.3 Å². The third-order valence-corrected chi connectivity index (χ3v) is 4.89. The molecule has 0 spiro atoms. The summed E-state index contributed by atoms with van der Waals surface area (Å²) in [6.07, 6.45) is 0. The monoisotopic (exact) mass is 262 g/mol. The van der Waals surface area contributed by atoms with Crippen LogP contribution in [0.3, 0.4) is 0 Å². The molecule has 1 aromatic heterocycles. The summed E-state index contributed by atoms with van der Waals surface area (Å²) in [7, 11) is -3.03. The normalized spacial score (nSPS) is 24.1. The highest BCUT2D eigenvalue weighted by atomic mass is 32.2. The van der Waals surface area contributed by atoms with E-state index in [-0.39, 0.29) is 23.2 Å². The number of rotatable bonds is 2. The summed E-state index contributed by atoms with van der Waals surface area (Å²) in [6.45, 7) is 0.384. The first-order valence-corrected chi connectivity index (χ1v) is 7.30. The van der Waals surface area contributed by atoms with Gasteiger partial charge in [-0.1, -0.05) is 0 Å². The van der Waals surface area contributed by atoms with Gasteiger partial charge in [0.15, 0.2) is 15.5 Å². The van der Waals surface area contributed by atoms with Crippen LogP contribution in [-0.2, 0) is 9.84 Å². The van der Waals surface area contributed by atoms with E-state index in [2.05, 4.69) is 10.3 Å². The molecule has 1 unspecified atom stereocenters. The number of hydrogen-bond donors (Lipinski definition) is 2. The second-order valence-electron chi connectivity index (χ2n) is 3.50. The van der Waals surface area contributed by atoms with Crippen molar-refractivity contribution in [2.45, 2.75) is 6.04 Å². The molecule has 8 heteroatoms. The maximum Gasteiger partial charge on any atom is 0.355 e. The molecule has 6 nitrogen and oxygen atoms in total. The van der Waals surface area contributed by atoms with Crippen molar-refractivity contribution in [1.82, 2.24) is 10.3 Å². The van der Waals surface area contributed by atoms with E-state index in [0.717, 1.165) is 0 Å². The molecular weight excluding hydrogens is 252 g/mol. The predicted molar refractivity (Wildman–Crippen MR) is 58.5 cm³/mol. The van der Waals surface area contributed by atoms with Crippen LogP contribution in [0.1, 0.15) is 21.5 Å². The Morgan fingerprint density at radius 1 is 1.62 bits per heavy atom. The van der Waals surface area contributed by atoms with Gasteiger partial charge < -0.3 is 10.4 Å². The molecule has 0 bridgehead atoms. The number of hydrogen-bond acceptors (Lipinski definition) is 6. The average molecular weight is 262 g/mol. The van der Waals surface area contributed by atoms with Crippen LogP contribution in [0.15, 0.2) is 5.38 Å². The molecule has 16 heavy (non-hydrogen) atoms. The molecule has 1 aliphatic heterocycles. The lowest BCUT2D eigenvalue weighted by molar-refractivity contribution is 0.0691. The molecule has 2 N–H and O–H groups in total. The van der Waals surface area contributed by atoms with Crippen molar-refractivity contribution >= 4 is 27.1 Å². The van der Waals surface area contributed by atoms with Gasteiger partial charge in [-0.25, -0.2) is 18.2 Å². The van der Waals surface area contributed by atoms with E-state index in [1.807, 2.05) is 0 Å². The highest BCUT2D eigenvalue weighted by Crippen LogP contribution is 2.22. The maximum absolute atomic E-state index is 11.4. The van der Waals surface area contributed by atoms with Gasteiger partial charge in [-0.15, -0.1) is 11.3 Å². The molecule has 0 saturated carbocycles. The first kappa shape index (κ1) is 11.5. The quantitative estimate of drug-likeness (QED) is 0.772. The van der Waals surface area contributed by atoms with E-state index in [9.17, 15) is 13.2 Å². The lowest BCUT2D eigenvalue weighted by atomic mass is 10.3. The van der Waals surface area contributed by atoms with Gasteiger partial charge in [-0.3, -0.25) is 0 Å². The van der Waals surface area contributed by atoms with Gasteiger partial charge in [0.05, 0.1) is 17.5 Å². The van der Waals surface area contributed by atoms with Crippen LogP contribution in [0.4, 0.5) is 0 Å². The minimum atomic E-state index is -3.03. The van der Waals surface area contributed by atoms with E-state index in [1.165, 1.54) is 16.7 Å². The van der Waals surface area contributed by atoms with Crippen LogP contribution in [0.5, 0.6) is 0 Å². The van der Waals surface area contributed by atoms with Crippen LogP contribution in [-0.4, -0.2) is 42.5 Å². The zero-order valence-corrected chi connectivity index (χ0v) is 9.84. The molecule has 0 aromatic carbocycles. The fourth-order valence-electron chi connectivity index (χ4n) is 1.49. The van der Waals surface area contributed by atoms with Crippen LogP contribution in [0.25, 0.3) is 0 Å². The fourth-order valence-corrected chi connectivity index (χ4v) is 3.84. The lowest BCUT2D eigenvalue weighted by Gasteiger charge is -2.21. The SMILES string of the molecule is O=C(O)c1csc(C2CS(=O)(=O)CCN2)n1. The van der Waals surface area contributed by atoms with E-state index < -0.39 is 15.8 Å². The molecule has 0 aliphatic carbocycles. The number of carbonyl (C=O) groups is 1. The van der Waals surface area contributed by atoms with Crippen LogP contribution < -0.4 is 5.32 Å². The molecule has 1 fully saturated rings. The van der Waals surface area contributed by atoms with E-state index in [1.54, 1.807) is 0 Å². The number of nitrogens with zero attached hydrogens (tertiary/aromatic N) is 1.